The number of ether oxygens (including phenoxy) is 2. The lowest BCUT2D eigenvalue weighted by Crippen LogP contribution is -2.62. The minimum atomic E-state index is -0.941. The standard InChI is InChI=1S/C42H57N7O5S/c1-11-27(34(43-12-2)25(5)53-10)36-30-21-42(6,7)23-54-41(52)31-15-14-18-49(46-31)40(51)35(45-38(50)28-19-24(28)4)37(47(8)9)39-44-32(22-55-39)26-16-17-33(29(30)20-26)48(36)13-3/h11-12,16-17,20,22,24-25,28,31,35,37,46H,1,13-15,18-19,21,23H2,2-10H3,(H,45,50)/b34-27+,43-12-/t24-,25-,28-,31-,35-,37-/m0/s1. The van der Waals surface area contributed by atoms with Crippen LogP contribution in [-0.2, 0) is 36.8 Å². The lowest BCUT2D eigenvalue weighted by molar-refractivity contribution is -0.156. The number of likely N-dealkylation sites (N-methyl/N-ethyl adjacent to an activating group) is 1. The van der Waals surface area contributed by atoms with E-state index in [0.29, 0.717) is 37.4 Å². The van der Waals surface area contributed by atoms with Crippen LogP contribution >= 0.6 is 11.3 Å². The first-order valence-electron chi connectivity index (χ1n) is 19.4. The van der Waals surface area contributed by atoms with E-state index in [1.165, 1.54) is 16.3 Å². The number of aromatic nitrogens is 2. The number of benzene rings is 1. The van der Waals surface area contributed by atoms with Crippen LogP contribution in [0.4, 0.5) is 0 Å². The van der Waals surface area contributed by atoms with Gasteiger partial charge in [0, 0.05) is 65.2 Å². The smallest absolute Gasteiger partial charge is 0.324 e. The van der Waals surface area contributed by atoms with Crippen molar-refractivity contribution in [2.75, 3.05) is 34.4 Å². The molecule has 13 heteroatoms. The van der Waals surface area contributed by atoms with E-state index in [1.807, 2.05) is 51.2 Å². The molecule has 2 aliphatic heterocycles. The number of aliphatic imine (C=N–C) groups is 1. The second-order valence-electron chi connectivity index (χ2n) is 16.1. The number of hydrogen-bond donors (Lipinski definition) is 2. The van der Waals surface area contributed by atoms with Gasteiger partial charge in [0.15, 0.2) is 0 Å². The van der Waals surface area contributed by atoms with Crippen LogP contribution in [-0.4, -0.2) is 96.0 Å². The van der Waals surface area contributed by atoms with Gasteiger partial charge in [-0.3, -0.25) is 29.3 Å². The molecule has 0 radical (unpaired) electrons. The second kappa shape index (κ2) is 16.5. The highest BCUT2D eigenvalue weighted by atomic mass is 32.1. The number of nitrogens with one attached hydrogen (secondary N) is 2. The molecule has 3 aliphatic rings. The number of aryl methyl sites for hydroxylation is 1. The van der Waals surface area contributed by atoms with E-state index in [-0.39, 0.29) is 36.4 Å². The van der Waals surface area contributed by atoms with Crippen molar-refractivity contribution < 1.29 is 23.9 Å². The highest BCUT2D eigenvalue weighted by Crippen LogP contribution is 2.41. The summed E-state index contributed by atoms with van der Waals surface area (Å²) < 4.78 is 14.2. The topological polar surface area (TPSA) is 130 Å². The third-order valence-electron chi connectivity index (χ3n) is 11.2. The molecule has 2 N–H and O–H groups in total. The van der Waals surface area contributed by atoms with Crippen molar-refractivity contribution in [1.29, 1.82) is 0 Å². The average molecular weight is 772 g/mol. The van der Waals surface area contributed by atoms with E-state index < -0.39 is 29.5 Å². The van der Waals surface area contributed by atoms with E-state index in [2.05, 4.69) is 60.9 Å². The van der Waals surface area contributed by atoms with Gasteiger partial charge in [-0.2, -0.15) is 0 Å². The third kappa shape index (κ3) is 8.21. The van der Waals surface area contributed by atoms with E-state index in [0.717, 1.165) is 51.1 Å². The number of fused-ring (bicyclic) bond motifs is 6. The lowest BCUT2D eigenvalue weighted by atomic mass is 9.84. The number of esters is 1. The van der Waals surface area contributed by atoms with Crippen LogP contribution in [0.5, 0.6) is 0 Å². The fourth-order valence-electron chi connectivity index (χ4n) is 7.99. The van der Waals surface area contributed by atoms with Crippen molar-refractivity contribution >= 4 is 51.8 Å². The van der Waals surface area contributed by atoms with E-state index in [9.17, 15) is 14.4 Å². The molecule has 2 aromatic heterocycles. The predicted molar refractivity (Wildman–Crippen MR) is 218 cm³/mol. The minimum Gasteiger partial charge on any atom is -0.464 e. The fourth-order valence-corrected chi connectivity index (χ4v) is 9.04. The number of rotatable bonds is 9. The number of carbonyl (C=O) groups excluding carboxylic acids is 3. The number of cyclic esters (lactones) is 1. The molecule has 6 bridgehead atoms. The molecule has 1 aliphatic carbocycles. The molecular formula is C42H57N7O5S. The molecule has 6 atom stereocenters. The summed E-state index contributed by atoms with van der Waals surface area (Å²) in [4.78, 5) is 53.7. The third-order valence-corrected chi connectivity index (χ3v) is 12.1. The summed E-state index contributed by atoms with van der Waals surface area (Å²) in [5, 5.41) is 8.41. The zero-order valence-corrected chi connectivity index (χ0v) is 34.6. The Hall–Kier alpha value is -4.17. The van der Waals surface area contributed by atoms with Gasteiger partial charge in [0.05, 0.1) is 35.8 Å². The molecule has 0 unspecified atom stereocenters. The van der Waals surface area contributed by atoms with Crippen molar-refractivity contribution in [3.63, 3.8) is 0 Å². The molecule has 4 heterocycles. The van der Waals surface area contributed by atoms with Gasteiger partial charge in [0.25, 0.3) is 5.91 Å². The van der Waals surface area contributed by atoms with Crippen LogP contribution in [0.1, 0.15) is 83.1 Å². The van der Waals surface area contributed by atoms with Crippen LogP contribution in [0.2, 0.25) is 0 Å². The zero-order chi connectivity index (χ0) is 39.8. The van der Waals surface area contributed by atoms with Gasteiger partial charge in [-0.25, -0.2) is 10.4 Å². The number of methoxy groups -OCH3 is 1. The maximum atomic E-state index is 14.5. The summed E-state index contributed by atoms with van der Waals surface area (Å²) in [5.41, 5.74) is 9.21. The Morgan fingerprint density at radius 3 is 2.69 bits per heavy atom. The summed E-state index contributed by atoms with van der Waals surface area (Å²) in [6.07, 6.45) is 5.85. The number of thiazole rings is 1. The SMILES string of the molecule is C=C/C(=C(\N=C/C)[C@H](C)OC)c1c2c3cc(ccc3n1CC)-c1csc(n1)[C@@H](N(C)C)[C@H](NC(=O)[C@H]1C[C@@H]1C)C(=O)N1CCC[C@H](N1)C(=O)OCC(C)(C)C2. The molecule has 55 heavy (non-hydrogen) atoms. The first-order chi connectivity index (χ1) is 26.2. The summed E-state index contributed by atoms with van der Waals surface area (Å²) in [7, 11) is 5.47. The number of hydrogen-bond acceptors (Lipinski definition) is 10. The van der Waals surface area contributed by atoms with Gasteiger partial charge < -0.3 is 19.4 Å². The Morgan fingerprint density at radius 1 is 1.31 bits per heavy atom. The van der Waals surface area contributed by atoms with Gasteiger partial charge in [0.1, 0.15) is 17.1 Å². The number of hydrazine groups is 1. The van der Waals surface area contributed by atoms with Crippen molar-refractivity contribution in [2.45, 2.75) is 98.0 Å². The average Bonchev–Trinajstić information content (AvgIpc) is 3.58. The lowest BCUT2D eigenvalue weighted by Gasteiger charge is -2.38. The summed E-state index contributed by atoms with van der Waals surface area (Å²) in [6, 6.07) is 4.21. The molecule has 2 fully saturated rings. The molecule has 1 saturated heterocycles. The van der Waals surface area contributed by atoms with Gasteiger partial charge in [-0.05, 0) is 84.2 Å². The Labute approximate surface area is 329 Å². The summed E-state index contributed by atoms with van der Waals surface area (Å²) in [6.45, 7) is 17.8. The predicted octanol–water partition coefficient (Wildman–Crippen LogP) is 6.17. The van der Waals surface area contributed by atoms with Crippen molar-refractivity contribution in [2.24, 2.45) is 22.2 Å². The fraction of sp³-hybridized carbons (Fsp3) is 0.548. The van der Waals surface area contributed by atoms with Gasteiger partial charge in [0.2, 0.25) is 5.91 Å². The largest absolute Gasteiger partial charge is 0.464 e. The Morgan fingerprint density at radius 2 is 2.05 bits per heavy atom. The van der Waals surface area contributed by atoms with Crippen molar-refractivity contribution in [3.8, 4) is 11.3 Å². The molecule has 6 rings (SSSR count). The second-order valence-corrected chi connectivity index (χ2v) is 17.0. The number of amides is 2. The molecule has 0 spiro atoms. The molecular weight excluding hydrogens is 715 g/mol. The Kier molecular flexibility index (Phi) is 12.2. The monoisotopic (exact) mass is 771 g/mol. The van der Waals surface area contributed by atoms with Gasteiger partial charge in [-0.15, -0.1) is 11.3 Å². The minimum absolute atomic E-state index is 0.129. The maximum Gasteiger partial charge on any atom is 0.324 e. The van der Waals surface area contributed by atoms with Crippen LogP contribution < -0.4 is 10.7 Å². The van der Waals surface area contributed by atoms with Crippen LogP contribution in [0.3, 0.4) is 0 Å². The first kappa shape index (κ1) is 40.5. The summed E-state index contributed by atoms with van der Waals surface area (Å²) in [5.74, 6) is -0.717. The molecule has 12 nitrogen and oxygen atoms in total. The van der Waals surface area contributed by atoms with E-state index in [1.54, 1.807) is 13.3 Å². The maximum absolute atomic E-state index is 14.5. The Balaban J connectivity index is 1.57. The molecule has 3 aromatic rings. The highest BCUT2D eigenvalue weighted by Gasteiger charge is 2.45. The van der Waals surface area contributed by atoms with Gasteiger partial charge >= 0.3 is 5.97 Å². The molecule has 296 valence electrons. The normalized spacial score (nSPS) is 25.4. The highest BCUT2D eigenvalue weighted by molar-refractivity contribution is 7.10. The van der Waals surface area contributed by atoms with Crippen LogP contribution in [0, 0.1) is 17.3 Å². The molecule has 1 saturated carbocycles. The molecule has 2 amide bonds. The van der Waals surface area contributed by atoms with Gasteiger partial charge in [-0.1, -0.05) is 39.5 Å². The van der Waals surface area contributed by atoms with Crippen LogP contribution in [0.15, 0.2) is 46.9 Å². The number of carbonyl (C=O) groups is 3. The quantitative estimate of drug-likeness (QED) is 0.150. The summed E-state index contributed by atoms with van der Waals surface area (Å²) >= 11 is 1.47. The van der Waals surface area contributed by atoms with Crippen molar-refractivity contribution in [3.05, 3.63) is 58.2 Å². The van der Waals surface area contributed by atoms with E-state index >= 15 is 0 Å². The molecule has 1 aromatic carbocycles. The Bertz CT molecular complexity index is 2010. The van der Waals surface area contributed by atoms with Crippen molar-refractivity contribution in [1.82, 2.24) is 30.2 Å². The zero-order valence-electron chi connectivity index (χ0n) is 33.8. The number of allylic oxidation sites excluding steroid dienone is 2. The first-order valence-corrected chi connectivity index (χ1v) is 20.3. The van der Waals surface area contributed by atoms with Crippen LogP contribution in [0.25, 0.3) is 27.7 Å². The van der Waals surface area contributed by atoms with E-state index in [4.69, 9.17) is 19.5 Å². The number of nitrogens with zero attached hydrogens (tertiary/aromatic N) is 5.